The van der Waals surface area contributed by atoms with Crippen LogP contribution in [-0.4, -0.2) is 11.3 Å². The van der Waals surface area contributed by atoms with Gasteiger partial charge in [0, 0.05) is 15.6 Å². The topological polar surface area (TPSA) is 59.6 Å². The highest BCUT2D eigenvalue weighted by Gasteiger charge is 2.05. The number of halogens is 3. The fourth-order valence-corrected chi connectivity index (χ4v) is 2.71. The summed E-state index contributed by atoms with van der Waals surface area (Å²) < 4.78 is 6.56. The number of rotatable bonds is 5. The van der Waals surface area contributed by atoms with Crippen molar-refractivity contribution < 1.29 is 4.74 Å². The molecular formula is C15H12BrCl2N3OS. The molecule has 0 heterocycles. The van der Waals surface area contributed by atoms with Crippen molar-refractivity contribution in [1.82, 2.24) is 5.43 Å². The molecule has 0 unspecified atom stereocenters. The van der Waals surface area contributed by atoms with E-state index in [4.69, 9.17) is 33.7 Å². The van der Waals surface area contributed by atoms with Gasteiger partial charge in [-0.25, -0.2) is 0 Å². The highest BCUT2D eigenvalue weighted by atomic mass is 79.9. The smallest absolute Gasteiger partial charge is 0.184 e. The molecule has 4 nitrogen and oxygen atoms in total. The standard InChI is InChI=1S/C15H12BrCl2N3OS/c16-12-5-9(7-20-21-15(19)23)1-4-14(12)22-8-10-2-3-11(17)6-13(10)18/h1-7H,8H2,(H3,19,21,23)/b20-7-. The van der Waals surface area contributed by atoms with E-state index in [0.29, 0.717) is 22.4 Å². The first kappa shape index (κ1) is 18.0. The molecule has 0 spiro atoms. The summed E-state index contributed by atoms with van der Waals surface area (Å²) in [7, 11) is 0. The van der Waals surface area contributed by atoms with Gasteiger partial charge in [0.1, 0.15) is 12.4 Å². The molecule has 8 heteroatoms. The van der Waals surface area contributed by atoms with Gasteiger partial charge in [-0.1, -0.05) is 29.3 Å². The van der Waals surface area contributed by atoms with E-state index < -0.39 is 0 Å². The van der Waals surface area contributed by atoms with Gasteiger partial charge < -0.3 is 10.5 Å². The second-order valence-corrected chi connectivity index (χ2v) is 6.59. The number of nitrogens with one attached hydrogen (secondary N) is 1. The Morgan fingerprint density at radius 1 is 1.30 bits per heavy atom. The molecule has 0 amide bonds. The minimum Gasteiger partial charge on any atom is -0.488 e. The molecule has 120 valence electrons. The zero-order valence-electron chi connectivity index (χ0n) is 11.7. The lowest BCUT2D eigenvalue weighted by molar-refractivity contribution is 0.304. The molecule has 3 N–H and O–H groups in total. The van der Waals surface area contributed by atoms with E-state index in [9.17, 15) is 0 Å². The van der Waals surface area contributed by atoms with Crippen molar-refractivity contribution in [3.8, 4) is 5.75 Å². The Morgan fingerprint density at radius 3 is 2.74 bits per heavy atom. The largest absolute Gasteiger partial charge is 0.488 e. The minimum absolute atomic E-state index is 0.111. The summed E-state index contributed by atoms with van der Waals surface area (Å²) >= 11 is 20.1. The Morgan fingerprint density at radius 2 is 2.09 bits per heavy atom. The van der Waals surface area contributed by atoms with Crippen LogP contribution in [0.4, 0.5) is 0 Å². The summed E-state index contributed by atoms with van der Waals surface area (Å²) in [6.45, 7) is 0.338. The van der Waals surface area contributed by atoms with Gasteiger partial charge in [-0.3, -0.25) is 5.43 Å². The third-order valence-electron chi connectivity index (χ3n) is 2.74. The Hall–Kier alpha value is -1.34. The summed E-state index contributed by atoms with van der Waals surface area (Å²) in [5.41, 5.74) is 9.49. The number of hydrogen-bond acceptors (Lipinski definition) is 3. The molecular weight excluding hydrogens is 421 g/mol. The Kier molecular flexibility index (Phi) is 6.65. The molecule has 2 aromatic rings. The molecule has 0 aromatic heterocycles. The van der Waals surface area contributed by atoms with E-state index in [0.717, 1.165) is 15.6 Å². The Balaban J connectivity index is 2.03. The molecule has 2 rings (SSSR count). The SMILES string of the molecule is NC(=S)N/N=C\c1ccc(OCc2ccc(Cl)cc2Cl)c(Br)c1. The van der Waals surface area contributed by atoms with Crippen molar-refractivity contribution in [1.29, 1.82) is 0 Å². The zero-order chi connectivity index (χ0) is 16.8. The highest BCUT2D eigenvalue weighted by molar-refractivity contribution is 9.10. The molecule has 0 saturated carbocycles. The van der Waals surface area contributed by atoms with Gasteiger partial charge in [0.25, 0.3) is 0 Å². The average Bonchev–Trinajstić information content (AvgIpc) is 2.47. The zero-order valence-corrected chi connectivity index (χ0v) is 15.6. The van der Waals surface area contributed by atoms with Crippen molar-refractivity contribution >= 4 is 62.7 Å². The van der Waals surface area contributed by atoms with Crippen molar-refractivity contribution in [3.05, 3.63) is 62.0 Å². The monoisotopic (exact) mass is 431 g/mol. The molecule has 0 fully saturated rings. The number of benzene rings is 2. The first-order chi connectivity index (χ1) is 11.0. The van der Waals surface area contributed by atoms with Gasteiger partial charge in [-0.15, -0.1) is 0 Å². The van der Waals surface area contributed by atoms with Gasteiger partial charge in [0.05, 0.1) is 10.7 Å². The molecule has 0 saturated heterocycles. The van der Waals surface area contributed by atoms with Crippen LogP contribution in [0, 0.1) is 0 Å². The summed E-state index contributed by atoms with van der Waals surface area (Å²) in [6, 6.07) is 10.8. The fourth-order valence-electron chi connectivity index (χ4n) is 1.68. The van der Waals surface area contributed by atoms with Crippen LogP contribution in [0.3, 0.4) is 0 Å². The average molecular weight is 433 g/mol. The predicted molar refractivity (Wildman–Crippen MR) is 102 cm³/mol. The number of ether oxygens (including phenoxy) is 1. The van der Waals surface area contributed by atoms with Crippen molar-refractivity contribution in [2.24, 2.45) is 10.8 Å². The van der Waals surface area contributed by atoms with E-state index in [1.165, 1.54) is 0 Å². The van der Waals surface area contributed by atoms with Gasteiger partial charge >= 0.3 is 0 Å². The van der Waals surface area contributed by atoms with Crippen LogP contribution < -0.4 is 15.9 Å². The maximum atomic E-state index is 6.12. The highest BCUT2D eigenvalue weighted by Crippen LogP contribution is 2.28. The van der Waals surface area contributed by atoms with Crippen molar-refractivity contribution in [2.75, 3.05) is 0 Å². The van der Waals surface area contributed by atoms with E-state index >= 15 is 0 Å². The molecule has 2 aromatic carbocycles. The molecule has 0 bridgehead atoms. The van der Waals surface area contributed by atoms with Crippen LogP contribution in [0.25, 0.3) is 0 Å². The summed E-state index contributed by atoms with van der Waals surface area (Å²) in [5.74, 6) is 0.690. The van der Waals surface area contributed by atoms with Gasteiger partial charge in [0.2, 0.25) is 0 Å². The lowest BCUT2D eigenvalue weighted by atomic mass is 10.2. The molecule has 23 heavy (non-hydrogen) atoms. The summed E-state index contributed by atoms with van der Waals surface area (Å²) in [5, 5.41) is 5.17. The number of nitrogens with two attached hydrogens (primary N) is 1. The second kappa shape index (κ2) is 8.49. The van der Waals surface area contributed by atoms with Crippen LogP contribution in [-0.2, 0) is 6.61 Å². The summed E-state index contributed by atoms with van der Waals surface area (Å²) in [6.07, 6.45) is 1.60. The molecule has 0 radical (unpaired) electrons. The van der Waals surface area contributed by atoms with Crippen LogP contribution in [0.2, 0.25) is 10.0 Å². The van der Waals surface area contributed by atoms with Crippen molar-refractivity contribution in [2.45, 2.75) is 6.61 Å². The first-order valence-electron chi connectivity index (χ1n) is 6.40. The van der Waals surface area contributed by atoms with Crippen LogP contribution in [0.15, 0.2) is 46.0 Å². The van der Waals surface area contributed by atoms with E-state index in [-0.39, 0.29) is 5.11 Å². The van der Waals surface area contributed by atoms with Gasteiger partial charge in [0.15, 0.2) is 5.11 Å². The predicted octanol–water partition coefficient (Wildman–Crippen LogP) is 4.50. The fraction of sp³-hybridized carbons (Fsp3) is 0.0667. The number of hydrogen-bond donors (Lipinski definition) is 2. The molecule has 0 aliphatic rings. The number of hydrazone groups is 1. The molecule has 0 aliphatic heterocycles. The molecule has 0 atom stereocenters. The Bertz CT molecular complexity index is 755. The maximum absolute atomic E-state index is 6.12. The van der Waals surface area contributed by atoms with E-state index in [1.807, 2.05) is 24.3 Å². The number of thiocarbonyl (C=S) groups is 1. The third-order valence-corrected chi connectivity index (χ3v) is 4.04. The maximum Gasteiger partial charge on any atom is 0.184 e. The quantitative estimate of drug-likeness (QED) is 0.414. The first-order valence-corrected chi connectivity index (χ1v) is 8.36. The Labute approximate surface area is 157 Å². The van der Waals surface area contributed by atoms with Gasteiger partial charge in [-0.2, -0.15) is 5.10 Å². The van der Waals surface area contributed by atoms with Crippen molar-refractivity contribution in [3.63, 3.8) is 0 Å². The summed E-state index contributed by atoms with van der Waals surface area (Å²) in [4.78, 5) is 0. The minimum atomic E-state index is 0.111. The molecule has 0 aliphatic carbocycles. The van der Waals surface area contributed by atoms with Crippen LogP contribution >= 0.6 is 51.3 Å². The third kappa shape index (κ3) is 5.66. The van der Waals surface area contributed by atoms with E-state index in [2.05, 4.69) is 38.7 Å². The lowest BCUT2D eigenvalue weighted by Crippen LogP contribution is -2.23. The van der Waals surface area contributed by atoms with E-state index in [1.54, 1.807) is 18.3 Å². The van der Waals surface area contributed by atoms with Crippen LogP contribution in [0.1, 0.15) is 11.1 Å². The number of nitrogens with zero attached hydrogens (tertiary/aromatic N) is 1. The second-order valence-electron chi connectivity index (χ2n) is 4.45. The normalized spacial score (nSPS) is 10.7. The van der Waals surface area contributed by atoms with Gasteiger partial charge in [-0.05, 0) is 64.0 Å². The lowest BCUT2D eigenvalue weighted by Gasteiger charge is -2.10. The van der Waals surface area contributed by atoms with Crippen LogP contribution in [0.5, 0.6) is 5.75 Å².